The summed E-state index contributed by atoms with van der Waals surface area (Å²) in [7, 11) is 1.46. The summed E-state index contributed by atoms with van der Waals surface area (Å²) in [6.45, 7) is 0.177. The van der Waals surface area contributed by atoms with Crippen molar-refractivity contribution in [3.8, 4) is 23.0 Å². The minimum atomic E-state index is -1.88. The van der Waals surface area contributed by atoms with Crippen LogP contribution in [0.25, 0.3) is 0 Å². The third-order valence-electron chi connectivity index (χ3n) is 6.59. The molecule has 0 atom stereocenters. The van der Waals surface area contributed by atoms with Gasteiger partial charge in [-0.25, -0.2) is 0 Å². The molecular weight excluding hydrogens is 582 g/mol. The molecule has 6 heteroatoms. The molecule has 0 aromatic heterocycles. The number of fused-ring (bicyclic) bond motifs is 1. The molecule has 0 spiro atoms. The number of aryl methyl sites for hydroxylation is 1. The van der Waals surface area contributed by atoms with Gasteiger partial charge in [-0.2, -0.15) is 0 Å². The highest BCUT2D eigenvalue weighted by Gasteiger charge is 2.44. The average Bonchev–Trinajstić information content (AvgIpc) is 3.42. The fourth-order valence-electron chi connectivity index (χ4n) is 5.01. The van der Waals surface area contributed by atoms with Gasteiger partial charge < -0.3 is 42.9 Å². The first-order chi connectivity index (χ1) is 17.3. The van der Waals surface area contributed by atoms with Crippen LogP contribution < -0.4 is 58.8 Å². The normalized spacial score (nSPS) is 12.1. The van der Waals surface area contributed by atoms with E-state index < -0.39 is 7.26 Å². The van der Waals surface area contributed by atoms with Crippen molar-refractivity contribution in [3.63, 3.8) is 0 Å². The Morgan fingerprint density at radius 3 is 1.67 bits per heavy atom. The molecule has 0 radical (unpaired) electrons. The lowest BCUT2D eigenvalue weighted by atomic mass is 10.1. The van der Waals surface area contributed by atoms with Crippen molar-refractivity contribution >= 4 is 23.2 Å². The van der Waals surface area contributed by atoms with Crippen LogP contribution in [-0.2, 0) is 6.42 Å². The Balaban J connectivity index is 0.00000304. The number of methoxy groups -OCH3 is 2. The molecule has 0 fully saturated rings. The Morgan fingerprint density at radius 1 is 0.694 bits per heavy atom. The lowest BCUT2D eigenvalue weighted by Crippen LogP contribution is -3.00. The topological polar surface area (TPSA) is 36.9 Å². The van der Waals surface area contributed by atoms with Gasteiger partial charge in [-0.3, -0.25) is 0 Å². The maximum atomic E-state index is 5.77. The molecule has 0 N–H and O–H groups in total. The zero-order chi connectivity index (χ0) is 24.1. The molecule has 0 saturated heterocycles. The van der Waals surface area contributed by atoms with Crippen LogP contribution in [0.3, 0.4) is 0 Å². The van der Waals surface area contributed by atoms with E-state index >= 15 is 0 Å². The zero-order valence-corrected chi connectivity index (χ0v) is 23.6. The summed E-state index contributed by atoms with van der Waals surface area (Å²) in [4.78, 5) is 0. The summed E-state index contributed by atoms with van der Waals surface area (Å²) < 4.78 is 22.7. The molecule has 0 bridgehead atoms. The van der Waals surface area contributed by atoms with Crippen LogP contribution in [0, 0.1) is 0 Å². The predicted molar refractivity (Wildman–Crippen MR) is 144 cm³/mol. The van der Waals surface area contributed by atoms with Gasteiger partial charge in [0.2, 0.25) is 18.3 Å². The molecule has 4 nitrogen and oxygen atoms in total. The largest absolute Gasteiger partial charge is 1.00 e. The summed E-state index contributed by atoms with van der Waals surface area (Å²) in [5.74, 6) is 2.68. The molecule has 36 heavy (non-hydrogen) atoms. The van der Waals surface area contributed by atoms with Crippen LogP contribution in [-0.4, -0.2) is 27.2 Å². The van der Waals surface area contributed by atoms with Crippen molar-refractivity contribution in [2.24, 2.45) is 0 Å². The first-order valence-electron chi connectivity index (χ1n) is 11.9. The Labute approximate surface area is 230 Å². The number of hydrogen-bond acceptors (Lipinski definition) is 4. The molecule has 4 aromatic rings. The molecule has 0 amide bonds. The predicted octanol–water partition coefficient (Wildman–Crippen LogP) is 2.36. The average molecular weight is 612 g/mol. The highest BCUT2D eigenvalue weighted by atomic mass is 127. The molecule has 0 aliphatic carbocycles. The number of benzene rings is 4. The van der Waals surface area contributed by atoms with Crippen LogP contribution in [0.2, 0.25) is 0 Å². The standard InChI is InChI=1S/C30H30O4P.HI/c1-31-27-21-23(28(32-2)30-29(27)33-22-34-30)13-12-20-35(24-14-6-3-7-15-24,25-16-8-4-9-17-25)26-18-10-5-11-19-26;/h3-11,14-19,21H,12-13,20,22H2,1-2H3;1H/q+1;/p-1. The van der Waals surface area contributed by atoms with Crippen molar-refractivity contribution in [1.29, 1.82) is 0 Å². The van der Waals surface area contributed by atoms with Gasteiger partial charge in [0, 0.05) is 5.56 Å². The van der Waals surface area contributed by atoms with Gasteiger partial charge in [-0.05, 0) is 55.3 Å². The van der Waals surface area contributed by atoms with Crippen molar-refractivity contribution < 1.29 is 42.9 Å². The number of rotatable bonds is 9. The highest BCUT2D eigenvalue weighted by molar-refractivity contribution is 7.95. The second-order valence-corrected chi connectivity index (χ2v) is 12.1. The fraction of sp³-hybridized carbons (Fsp3) is 0.200. The van der Waals surface area contributed by atoms with Gasteiger partial charge in [0.15, 0.2) is 11.5 Å². The van der Waals surface area contributed by atoms with E-state index in [1.54, 1.807) is 14.2 Å². The zero-order valence-electron chi connectivity index (χ0n) is 20.5. The van der Waals surface area contributed by atoms with Gasteiger partial charge in [0.05, 0.1) is 20.4 Å². The van der Waals surface area contributed by atoms with Gasteiger partial charge >= 0.3 is 0 Å². The second kappa shape index (κ2) is 12.0. The van der Waals surface area contributed by atoms with E-state index in [9.17, 15) is 0 Å². The monoisotopic (exact) mass is 612 g/mol. The fourth-order valence-corrected chi connectivity index (χ4v) is 9.36. The van der Waals surface area contributed by atoms with Gasteiger partial charge in [-0.15, -0.1) is 0 Å². The minimum Gasteiger partial charge on any atom is -1.00 e. The molecule has 1 aliphatic heterocycles. The third kappa shape index (κ3) is 4.91. The summed E-state index contributed by atoms with van der Waals surface area (Å²) >= 11 is 0. The van der Waals surface area contributed by atoms with E-state index in [0.717, 1.165) is 30.3 Å². The number of halogens is 1. The van der Waals surface area contributed by atoms with Gasteiger partial charge in [-0.1, -0.05) is 54.6 Å². The molecule has 1 heterocycles. The molecule has 4 aromatic carbocycles. The first-order valence-corrected chi connectivity index (χ1v) is 13.8. The van der Waals surface area contributed by atoms with Crippen molar-refractivity contribution in [2.45, 2.75) is 12.8 Å². The summed E-state index contributed by atoms with van der Waals surface area (Å²) in [6, 6.07) is 35.0. The minimum absolute atomic E-state index is 0. The summed E-state index contributed by atoms with van der Waals surface area (Å²) in [5, 5.41) is 4.19. The molecule has 0 unspecified atom stereocenters. The maximum Gasteiger partial charge on any atom is 0.231 e. The lowest BCUT2D eigenvalue weighted by molar-refractivity contribution is -0.00000866. The van der Waals surface area contributed by atoms with Crippen LogP contribution >= 0.6 is 7.26 Å². The molecule has 1 aliphatic rings. The Hall–Kier alpha value is -2.76. The summed E-state index contributed by atoms with van der Waals surface area (Å²) in [6.07, 6.45) is 2.85. The quantitative estimate of drug-likeness (QED) is 0.215. The van der Waals surface area contributed by atoms with Gasteiger partial charge in [0.1, 0.15) is 23.2 Å². The van der Waals surface area contributed by atoms with E-state index in [-0.39, 0.29) is 30.8 Å². The van der Waals surface area contributed by atoms with Crippen molar-refractivity contribution in [1.82, 2.24) is 0 Å². The Morgan fingerprint density at radius 2 is 1.19 bits per heavy atom. The second-order valence-electron chi connectivity index (χ2n) is 8.48. The van der Waals surface area contributed by atoms with Crippen molar-refractivity contribution in [3.05, 3.63) is 103 Å². The Kier molecular flexibility index (Phi) is 8.76. The molecule has 186 valence electrons. The molecular formula is C30H30IO4P. The SMILES string of the molecule is COc1cc(CCC[P+](c2ccccc2)(c2ccccc2)c2ccccc2)c(OC)c2c1OCO2.[I-]. The smallest absolute Gasteiger partial charge is 0.231 e. The van der Waals surface area contributed by atoms with Crippen LogP contribution in [0.5, 0.6) is 23.0 Å². The lowest BCUT2D eigenvalue weighted by Gasteiger charge is -2.28. The van der Waals surface area contributed by atoms with Gasteiger partial charge in [0.25, 0.3) is 0 Å². The molecule has 5 rings (SSSR count). The van der Waals surface area contributed by atoms with Crippen LogP contribution in [0.1, 0.15) is 12.0 Å². The maximum absolute atomic E-state index is 5.77. The van der Waals surface area contributed by atoms with Crippen LogP contribution in [0.15, 0.2) is 97.1 Å². The number of hydrogen-bond donors (Lipinski definition) is 0. The third-order valence-corrected chi connectivity index (χ3v) is 11.1. The highest BCUT2D eigenvalue weighted by Crippen LogP contribution is 2.56. The van der Waals surface area contributed by atoms with E-state index in [4.69, 9.17) is 18.9 Å². The van der Waals surface area contributed by atoms with E-state index in [0.29, 0.717) is 17.2 Å². The van der Waals surface area contributed by atoms with E-state index in [1.165, 1.54) is 15.9 Å². The van der Waals surface area contributed by atoms with Crippen molar-refractivity contribution in [2.75, 3.05) is 27.2 Å². The summed E-state index contributed by atoms with van der Waals surface area (Å²) in [5.41, 5.74) is 1.07. The first kappa shape index (κ1) is 26.3. The number of ether oxygens (including phenoxy) is 4. The van der Waals surface area contributed by atoms with E-state index in [2.05, 4.69) is 91.0 Å². The van der Waals surface area contributed by atoms with E-state index in [1.807, 2.05) is 6.07 Å². The van der Waals surface area contributed by atoms with Crippen LogP contribution in [0.4, 0.5) is 0 Å². The molecule has 0 saturated carbocycles. The Bertz CT molecular complexity index is 1170.